The molecular weight excluding hydrogens is 226 g/mol. The topological polar surface area (TPSA) is 53.1 Å². The van der Waals surface area contributed by atoms with Crippen molar-refractivity contribution >= 4 is 11.6 Å². The molecular formula is C13H25N5. The van der Waals surface area contributed by atoms with Crippen molar-refractivity contribution in [2.75, 3.05) is 38.3 Å². The molecule has 0 bridgehead atoms. The lowest BCUT2D eigenvalue weighted by molar-refractivity contribution is 0.391. The van der Waals surface area contributed by atoms with Crippen molar-refractivity contribution in [1.82, 2.24) is 14.9 Å². The predicted octanol–water partition coefficient (Wildman–Crippen LogP) is 1.83. The summed E-state index contributed by atoms with van der Waals surface area (Å²) in [4.78, 5) is 10.8. The molecule has 0 amide bonds. The summed E-state index contributed by atoms with van der Waals surface area (Å²) in [6.45, 7) is 5.31. The molecule has 0 spiro atoms. The molecule has 1 atom stereocenters. The van der Waals surface area contributed by atoms with Crippen LogP contribution < -0.4 is 10.6 Å². The Bertz CT molecular complexity index is 364. The van der Waals surface area contributed by atoms with E-state index in [9.17, 15) is 0 Å². The fraction of sp³-hybridized carbons (Fsp3) is 0.692. The van der Waals surface area contributed by atoms with Crippen LogP contribution in [0.5, 0.6) is 0 Å². The van der Waals surface area contributed by atoms with Crippen LogP contribution in [0.4, 0.5) is 11.6 Å². The van der Waals surface area contributed by atoms with Crippen molar-refractivity contribution in [2.24, 2.45) is 0 Å². The van der Waals surface area contributed by atoms with Crippen molar-refractivity contribution in [3.05, 3.63) is 11.9 Å². The molecule has 0 saturated heterocycles. The Labute approximate surface area is 110 Å². The normalized spacial score (nSPS) is 12.6. The quantitative estimate of drug-likeness (QED) is 0.774. The minimum atomic E-state index is 0.357. The van der Waals surface area contributed by atoms with E-state index < -0.39 is 0 Å². The molecule has 2 N–H and O–H groups in total. The van der Waals surface area contributed by atoms with Crippen LogP contribution in [-0.4, -0.2) is 48.6 Å². The number of nitrogens with one attached hydrogen (secondary N) is 2. The summed E-state index contributed by atoms with van der Waals surface area (Å²) in [6.07, 6.45) is 3.67. The van der Waals surface area contributed by atoms with Gasteiger partial charge in [0.15, 0.2) is 0 Å². The average molecular weight is 251 g/mol. The lowest BCUT2D eigenvalue weighted by atomic mass is 10.1. The van der Waals surface area contributed by atoms with E-state index in [2.05, 4.69) is 53.4 Å². The van der Waals surface area contributed by atoms with Crippen molar-refractivity contribution in [3.63, 3.8) is 0 Å². The molecule has 0 aromatic carbocycles. The van der Waals surface area contributed by atoms with Crippen LogP contribution in [0.2, 0.25) is 0 Å². The first-order chi connectivity index (χ1) is 8.58. The highest BCUT2D eigenvalue weighted by Gasteiger charge is 2.12. The molecule has 5 heteroatoms. The van der Waals surface area contributed by atoms with E-state index >= 15 is 0 Å². The highest BCUT2D eigenvalue weighted by atomic mass is 15.1. The average Bonchev–Trinajstić information content (AvgIpc) is 2.30. The third-order valence-electron chi connectivity index (χ3n) is 2.70. The first-order valence-corrected chi connectivity index (χ1v) is 6.51. The van der Waals surface area contributed by atoms with E-state index in [0.717, 1.165) is 31.0 Å². The molecule has 0 fully saturated rings. The maximum absolute atomic E-state index is 4.37. The number of likely N-dealkylation sites (N-methyl/N-ethyl adjacent to an activating group) is 1. The monoisotopic (exact) mass is 251 g/mol. The third kappa shape index (κ3) is 4.14. The van der Waals surface area contributed by atoms with Crippen LogP contribution in [0.25, 0.3) is 0 Å². The summed E-state index contributed by atoms with van der Waals surface area (Å²) in [6, 6.07) is 0.357. The highest BCUT2D eigenvalue weighted by molar-refractivity contribution is 5.57. The second-order valence-electron chi connectivity index (χ2n) is 4.86. The van der Waals surface area contributed by atoms with E-state index in [-0.39, 0.29) is 0 Å². The zero-order valence-electron chi connectivity index (χ0n) is 12.1. The lowest BCUT2D eigenvalue weighted by Crippen LogP contribution is -2.30. The van der Waals surface area contributed by atoms with Crippen molar-refractivity contribution < 1.29 is 0 Å². The molecule has 0 aliphatic carbocycles. The van der Waals surface area contributed by atoms with Crippen molar-refractivity contribution in [1.29, 1.82) is 0 Å². The molecule has 5 nitrogen and oxygen atoms in total. The van der Waals surface area contributed by atoms with Crippen LogP contribution in [0.3, 0.4) is 0 Å². The van der Waals surface area contributed by atoms with Crippen LogP contribution >= 0.6 is 0 Å². The summed E-state index contributed by atoms with van der Waals surface area (Å²) < 4.78 is 0. The van der Waals surface area contributed by atoms with Gasteiger partial charge in [-0.3, -0.25) is 0 Å². The molecule has 0 aliphatic rings. The zero-order valence-corrected chi connectivity index (χ0v) is 12.1. The molecule has 0 radical (unpaired) electrons. The summed E-state index contributed by atoms with van der Waals surface area (Å²) in [5, 5.41) is 6.60. The van der Waals surface area contributed by atoms with Gasteiger partial charge in [-0.15, -0.1) is 0 Å². The maximum Gasteiger partial charge on any atom is 0.134 e. The van der Waals surface area contributed by atoms with E-state index in [1.165, 1.54) is 5.56 Å². The predicted molar refractivity (Wildman–Crippen MR) is 77.2 cm³/mol. The summed E-state index contributed by atoms with van der Waals surface area (Å²) >= 11 is 0. The molecule has 102 valence electrons. The van der Waals surface area contributed by atoms with Gasteiger partial charge in [-0.25, -0.2) is 9.97 Å². The lowest BCUT2D eigenvalue weighted by Gasteiger charge is -2.21. The Morgan fingerprint density at radius 2 is 1.94 bits per heavy atom. The SMILES string of the molecule is CCCc1c(NC)ncnc1NC(C)CN(C)C. The van der Waals surface area contributed by atoms with Gasteiger partial charge < -0.3 is 15.5 Å². The summed E-state index contributed by atoms with van der Waals surface area (Å²) in [5.74, 6) is 1.87. The molecule has 1 rings (SSSR count). The number of nitrogens with zero attached hydrogens (tertiary/aromatic N) is 3. The Morgan fingerprint density at radius 3 is 2.50 bits per heavy atom. The van der Waals surface area contributed by atoms with Crippen molar-refractivity contribution in [2.45, 2.75) is 32.7 Å². The van der Waals surface area contributed by atoms with Gasteiger partial charge in [0.1, 0.15) is 18.0 Å². The third-order valence-corrected chi connectivity index (χ3v) is 2.70. The number of hydrogen-bond acceptors (Lipinski definition) is 5. The number of rotatable bonds is 7. The number of anilines is 2. The molecule has 0 aliphatic heterocycles. The first-order valence-electron chi connectivity index (χ1n) is 6.51. The van der Waals surface area contributed by atoms with E-state index in [1.54, 1.807) is 6.33 Å². The Hall–Kier alpha value is -1.36. The van der Waals surface area contributed by atoms with Gasteiger partial charge in [0.05, 0.1) is 0 Å². The maximum atomic E-state index is 4.37. The largest absolute Gasteiger partial charge is 0.373 e. The zero-order chi connectivity index (χ0) is 13.5. The first kappa shape index (κ1) is 14.7. The van der Waals surface area contributed by atoms with Gasteiger partial charge in [-0.1, -0.05) is 13.3 Å². The fourth-order valence-electron chi connectivity index (χ4n) is 2.07. The van der Waals surface area contributed by atoms with E-state index in [0.29, 0.717) is 6.04 Å². The van der Waals surface area contributed by atoms with Crippen LogP contribution in [-0.2, 0) is 6.42 Å². The van der Waals surface area contributed by atoms with Gasteiger partial charge in [0, 0.05) is 25.2 Å². The Balaban J connectivity index is 2.86. The van der Waals surface area contributed by atoms with Gasteiger partial charge in [-0.05, 0) is 27.4 Å². The molecule has 1 aromatic heterocycles. The van der Waals surface area contributed by atoms with Crippen LogP contribution in [0, 0.1) is 0 Å². The van der Waals surface area contributed by atoms with Crippen LogP contribution in [0.15, 0.2) is 6.33 Å². The standard InChI is InChI=1S/C13H25N5/c1-6-7-11-12(14-3)15-9-16-13(11)17-10(2)8-18(4)5/h9-10H,6-8H2,1-5H3,(H2,14,15,16,17). The smallest absolute Gasteiger partial charge is 0.134 e. The molecule has 1 unspecified atom stereocenters. The minimum Gasteiger partial charge on any atom is -0.373 e. The van der Waals surface area contributed by atoms with Gasteiger partial charge in [0.25, 0.3) is 0 Å². The Kier molecular flexibility index (Phi) is 5.85. The second-order valence-corrected chi connectivity index (χ2v) is 4.86. The summed E-state index contributed by atoms with van der Waals surface area (Å²) in [7, 11) is 6.04. The number of hydrogen-bond donors (Lipinski definition) is 2. The molecule has 1 aromatic rings. The molecule has 1 heterocycles. The van der Waals surface area contributed by atoms with Gasteiger partial charge in [-0.2, -0.15) is 0 Å². The Morgan fingerprint density at radius 1 is 1.28 bits per heavy atom. The van der Waals surface area contributed by atoms with E-state index in [4.69, 9.17) is 0 Å². The minimum absolute atomic E-state index is 0.357. The molecule has 18 heavy (non-hydrogen) atoms. The van der Waals surface area contributed by atoms with Gasteiger partial charge >= 0.3 is 0 Å². The van der Waals surface area contributed by atoms with Crippen molar-refractivity contribution in [3.8, 4) is 0 Å². The molecule has 0 saturated carbocycles. The van der Waals surface area contributed by atoms with Crippen LogP contribution in [0.1, 0.15) is 25.8 Å². The highest BCUT2D eigenvalue weighted by Crippen LogP contribution is 2.21. The second kappa shape index (κ2) is 7.16. The fourth-order valence-corrected chi connectivity index (χ4v) is 2.07. The summed E-state index contributed by atoms with van der Waals surface area (Å²) in [5.41, 5.74) is 1.17. The van der Waals surface area contributed by atoms with E-state index in [1.807, 2.05) is 7.05 Å². The number of aromatic nitrogens is 2. The van der Waals surface area contributed by atoms with Gasteiger partial charge in [0.2, 0.25) is 0 Å².